The van der Waals surface area contributed by atoms with Crippen LogP contribution in [0.3, 0.4) is 0 Å². The van der Waals surface area contributed by atoms with Crippen LogP contribution in [0.15, 0.2) is 23.4 Å². The minimum atomic E-state index is -0.551. The molecule has 0 spiro atoms. The van der Waals surface area contributed by atoms with Crippen molar-refractivity contribution in [2.24, 2.45) is 5.16 Å². The molecular formula is C10H9N3O3. The minimum Gasteiger partial charge on any atom is -0.399 e. The number of rotatable bonds is 3. The van der Waals surface area contributed by atoms with E-state index in [0.29, 0.717) is 11.3 Å². The van der Waals surface area contributed by atoms with Crippen LogP contribution >= 0.6 is 0 Å². The van der Waals surface area contributed by atoms with Gasteiger partial charge in [0.1, 0.15) is 7.11 Å². The Balaban J connectivity index is 3.35. The highest BCUT2D eigenvalue weighted by atomic mass is 16.6. The van der Waals surface area contributed by atoms with Crippen LogP contribution in [0.1, 0.15) is 18.1 Å². The zero-order chi connectivity index (χ0) is 12.1. The first-order chi connectivity index (χ1) is 7.60. The van der Waals surface area contributed by atoms with Crippen LogP contribution in [0.25, 0.3) is 0 Å². The van der Waals surface area contributed by atoms with Gasteiger partial charge in [0.2, 0.25) is 0 Å². The number of hydrogen-bond acceptors (Lipinski definition) is 5. The first-order valence-electron chi connectivity index (χ1n) is 4.36. The van der Waals surface area contributed by atoms with E-state index in [0.717, 1.165) is 0 Å². The molecule has 0 bridgehead atoms. The summed E-state index contributed by atoms with van der Waals surface area (Å²) in [7, 11) is 1.36. The van der Waals surface area contributed by atoms with Gasteiger partial charge in [-0.25, -0.2) is 0 Å². The van der Waals surface area contributed by atoms with Crippen molar-refractivity contribution in [1.29, 1.82) is 5.26 Å². The van der Waals surface area contributed by atoms with Gasteiger partial charge in [0.05, 0.1) is 27.8 Å². The number of nitro benzene ring substituents is 1. The van der Waals surface area contributed by atoms with E-state index in [4.69, 9.17) is 5.26 Å². The molecule has 0 saturated carbocycles. The number of oxime groups is 1. The molecule has 0 saturated heterocycles. The lowest BCUT2D eigenvalue weighted by molar-refractivity contribution is -0.385. The molecule has 1 aromatic rings. The van der Waals surface area contributed by atoms with Crippen LogP contribution in [0.2, 0.25) is 0 Å². The van der Waals surface area contributed by atoms with E-state index in [1.165, 1.54) is 25.3 Å². The zero-order valence-electron chi connectivity index (χ0n) is 8.80. The second-order valence-electron chi connectivity index (χ2n) is 2.96. The summed E-state index contributed by atoms with van der Waals surface area (Å²) in [4.78, 5) is 14.8. The summed E-state index contributed by atoms with van der Waals surface area (Å²) in [6, 6.07) is 6.03. The van der Waals surface area contributed by atoms with E-state index < -0.39 is 4.92 Å². The Morgan fingerprint density at radius 2 is 2.31 bits per heavy atom. The molecule has 0 unspecified atom stereocenters. The van der Waals surface area contributed by atoms with E-state index in [9.17, 15) is 10.1 Å². The standard InChI is InChI=1S/C10H9N3O3/c1-7(12-16-2)9-4-3-8(6-11)5-10(9)13(14)15/h3-5H,1-2H3/b12-7-. The van der Waals surface area contributed by atoms with Gasteiger partial charge in [0.25, 0.3) is 5.69 Å². The summed E-state index contributed by atoms with van der Waals surface area (Å²) in [6.07, 6.45) is 0. The predicted octanol–water partition coefficient (Wildman–Crippen LogP) is 1.84. The number of benzene rings is 1. The Morgan fingerprint density at radius 1 is 1.62 bits per heavy atom. The SMILES string of the molecule is CO/N=C(/C)c1ccc(C#N)cc1[N+](=O)[O-]. The molecule has 0 aromatic heterocycles. The molecule has 0 radical (unpaired) electrons. The third kappa shape index (κ3) is 2.33. The Morgan fingerprint density at radius 3 is 2.81 bits per heavy atom. The molecule has 0 atom stereocenters. The average Bonchev–Trinajstić information content (AvgIpc) is 2.28. The maximum atomic E-state index is 10.8. The fourth-order valence-electron chi connectivity index (χ4n) is 1.24. The normalized spacial score (nSPS) is 10.7. The quantitative estimate of drug-likeness (QED) is 0.440. The van der Waals surface area contributed by atoms with Gasteiger partial charge in [-0.3, -0.25) is 10.1 Å². The lowest BCUT2D eigenvalue weighted by Gasteiger charge is -2.01. The van der Waals surface area contributed by atoms with Gasteiger partial charge in [-0.2, -0.15) is 5.26 Å². The molecule has 0 fully saturated rings. The van der Waals surface area contributed by atoms with Crippen molar-refractivity contribution >= 4 is 11.4 Å². The molecule has 1 aromatic carbocycles. The number of nitro groups is 1. The van der Waals surface area contributed by atoms with Crippen LogP contribution in [0.5, 0.6) is 0 Å². The smallest absolute Gasteiger partial charge is 0.279 e. The van der Waals surface area contributed by atoms with Crippen LogP contribution in [-0.2, 0) is 4.84 Å². The van der Waals surface area contributed by atoms with Gasteiger partial charge in [-0.1, -0.05) is 5.16 Å². The van der Waals surface area contributed by atoms with Gasteiger partial charge >= 0.3 is 0 Å². The predicted molar refractivity (Wildman–Crippen MR) is 57.0 cm³/mol. The molecule has 0 N–H and O–H groups in total. The maximum Gasteiger partial charge on any atom is 0.279 e. The van der Waals surface area contributed by atoms with E-state index in [1.807, 2.05) is 6.07 Å². The van der Waals surface area contributed by atoms with Crippen LogP contribution in [0.4, 0.5) is 5.69 Å². The summed E-state index contributed by atoms with van der Waals surface area (Å²) < 4.78 is 0. The second-order valence-corrected chi connectivity index (χ2v) is 2.96. The highest BCUT2D eigenvalue weighted by Gasteiger charge is 2.17. The third-order valence-electron chi connectivity index (χ3n) is 1.94. The average molecular weight is 219 g/mol. The van der Waals surface area contributed by atoms with E-state index in [-0.39, 0.29) is 11.3 Å². The Hall–Kier alpha value is -2.42. The third-order valence-corrected chi connectivity index (χ3v) is 1.94. The summed E-state index contributed by atoms with van der Waals surface area (Å²) >= 11 is 0. The second kappa shape index (κ2) is 4.89. The van der Waals surface area contributed by atoms with Crippen molar-refractivity contribution in [1.82, 2.24) is 0 Å². The lowest BCUT2D eigenvalue weighted by Crippen LogP contribution is -2.02. The Labute approximate surface area is 91.9 Å². The topological polar surface area (TPSA) is 88.5 Å². The lowest BCUT2D eigenvalue weighted by atomic mass is 10.1. The first kappa shape index (κ1) is 11.7. The summed E-state index contributed by atoms with van der Waals surface area (Å²) in [6.45, 7) is 1.60. The van der Waals surface area contributed by atoms with E-state index in [2.05, 4.69) is 9.99 Å². The molecule has 82 valence electrons. The molecule has 16 heavy (non-hydrogen) atoms. The van der Waals surface area contributed by atoms with Crippen LogP contribution in [-0.4, -0.2) is 17.7 Å². The molecule has 6 heteroatoms. The minimum absolute atomic E-state index is 0.155. The fourth-order valence-corrected chi connectivity index (χ4v) is 1.24. The van der Waals surface area contributed by atoms with Crippen molar-refractivity contribution in [3.63, 3.8) is 0 Å². The van der Waals surface area contributed by atoms with E-state index in [1.54, 1.807) is 6.92 Å². The van der Waals surface area contributed by atoms with Crippen molar-refractivity contribution in [2.75, 3.05) is 7.11 Å². The van der Waals surface area contributed by atoms with E-state index >= 15 is 0 Å². The molecule has 0 aliphatic heterocycles. The van der Waals surface area contributed by atoms with Gasteiger partial charge in [-0.15, -0.1) is 0 Å². The van der Waals surface area contributed by atoms with Crippen molar-refractivity contribution in [3.8, 4) is 6.07 Å². The molecular weight excluding hydrogens is 210 g/mol. The monoisotopic (exact) mass is 219 g/mol. The number of hydrogen-bond donors (Lipinski definition) is 0. The van der Waals surface area contributed by atoms with Gasteiger partial charge in [0, 0.05) is 6.07 Å². The van der Waals surface area contributed by atoms with Crippen LogP contribution in [0, 0.1) is 21.4 Å². The molecule has 1 rings (SSSR count). The largest absolute Gasteiger partial charge is 0.399 e. The molecule has 6 nitrogen and oxygen atoms in total. The molecule has 0 heterocycles. The zero-order valence-corrected chi connectivity index (χ0v) is 8.80. The highest BCUT2D eigenvalue weighted by Crippen LogP contribution is 2.20. The Kier molecular flexibility index (Phi) is 3.56. The maximum absolute atomic E-state index is 10.8. The first-order valence-corrected chi connectivity index (χ1v) is 4.36. The van der Waals surface area contributed by atoms with Crippen LogP contribution < -0.4 is 0 Å². The van der Waals surface area contributed by atoms with Crippen molar-refractivity contribution < 1.29 is 9.76 Å². The Bertz CT molecular complexity index is 489. The van der Waals surface area contributed by atoms with Gasteiger partial charge in [-0.05, 0) is 19.1 Å². The molecule has 0 aliphatic carbocycles. The number of nitrogens with zero attached hydrogens (tertiary/aromatic N) is 3. The highest BCUT2D eigenvalue weighted by molar-refractivity contribution is 6.02. The fraction of sp³-hybridized carbons (Fsp3) is 0.200. The van der Waals surface area contributed by atoms with Gasteiger partial charge < -0.3 is 4.84 Å². The molecule has 0 amide bonds. The summed E-state index contributed by atoms with van der Waals surface area (Å²) in [5.74, 6) is 0. The number of nitriles is 1. The van der Waals surface area contributed by atoms with Crippen molar-refractivity contribution in [2.45, 2.75) is 6.92 Å². The van der Waals surface area contributed by atoms with Gasteiger partial charge in [0.15, 0.2) is 0 Å². The summed E-state index contributed by atoms with van der Waals surface area (Å²) in [5, 5.41) is 23.1. The molecule has 0 aliphatic rings. The summed E-state index contributed by atoms with van der Waals surface area (Å²) in [5.41, 5.74) is 0.808. The van der Waals surface area contributed by atoms with Crippen molar-refractivity contribution in [3.05, 3.63) is 39.4 Å².